The molecule has 3 aromatic carbocycles. The Hall–Kier alpha value is -3.45. The van der Waals surface area contributed by atoms with Crippen LogP contribution in [0.3, 0.4) is 0 Å². The Morgan fingerprint density at radius 3 is 2.14 bits per heavy atom. The van der Waals surface area contributed by atoms with E-state index in [-0.39, 0.29) is 12.5 Å². The minimum absolute atomic E-state index is 0.233. The second-order valence-corrected chi connectivity index (χ2v) is 9.54. The molecule has 1 spiro atoms. The zero-order chi connectivity index (χ0) is 24.0. The zero-order valence-electron chi connectivity index (χ0n) is 19.9. The molecule has 0 atom stereocenters. The maximum absolute atomic E-state index is 14.1. The van der Waals surface area contributed by atoms with E-state index in [0.717, 1.165) is 33.5 Å². The highest BCUT2D eigenvalue weighted by atomic mass is 16.8. The Kier molecular flexibility index (Phi) is 5.25. The largest absolute Gasteiger partial charge is 0.377 e. The second-order valence-electron chi connectivity index (χ2n) is 9.54. The smallest absolute Gasteiger partial charge is 0.283 e. The van der Waals surface area contributed by atoms with Gasteiger partial charge in [0, 0.05) is 23.2 Å². The number of ether oxygens (including phenoxy) is 1. The molecule has 2 heterocycles. The number of nitrogens with zero attached hydrogens (tertiary/aromatic N) is 2. The van der Waals surface area contributed by atoms with Gasteiger partial charge in [0.1, 0.15) is 6.61 Å². The van der Waals surface area contributed by atoms with Gasteiger partial charge in [0.15, 0.2) is 5.60 Å². The number of rotatable bonds is 4. The molecule has 3 aromatic rings. The van der Waals surface area contributed by atoms with Gasteiger partial charge in [-0.15, -0.1) is 0 Å². The van der Waals surface area contributed by atoms with E-state index >= 15 is 0 Å². The van der Waals surface area contributed by atoms with Crippen molar-refractivity contribution in [3.63, 3.8) is 0 Å². The number of hydrogen-bond acceptors (Lipinski definition) is 5. The molecule has 0 bridgehead atoms. The molecular formula is C29H28N2O4. The third-order valence-electron chi connectivity index (χ3n) is 6.91. The molecule has 35 heavy (non-hydrogen) atoms. The number of amides is 1. The van der Waals surface area contributed by atoms with Crippen LogP contribution in [0.1, 0.15) is 37.0 Å². The fourth-order valence-corrected chi connectivity index (χ4v) is 5.27. The lowest BCUT2D eigenvalue weighted by Gasteiger charge is -2.56. The van der Waals surface area contributed by atoms with Crippen molar-refractivity contribution in [3.05, 3.63) is 107 Å². The van der Waals surface area contributed by atoms with Crippen LogP contribution in [0, 0.1) is 0 Å². The van der Waals surface area contributed by atoms with Crippen molar-refractivity contribution in [2.75, 3.05) is 13.2 Å². The number of hydrogen-bond donors (Lipinski definition) is 0. The lowest BCUT2D eigenvalue weighted by atomic mass is 9.91. The fraction of sp³-hybridized carbons (Fsp3) is 0.276. The third-order valence-corrected chi connectivity index (χ3v) is 6.91. The topological polar surface area (TPSA) is 51.2 Å². The van der Waals surface area contributed by atoms with Crippen LogP contribution in [0.5, 0.6) is 0 Å². The number of hydroxylamine groups is 4. The Morgan fingerprint density at radius 2 is 1.51 bits per heavy atom. The highest BCUT2D eigenvalue weighted by Gasteiger charge is 2.63. The highest BCUT2D eigenvalue weighted by molar-refractivity contribution is 5.89. The molecule has 1 aliphatic carbocycles. The standard InChI is InChI=1S/C29H28N2O4/c1-28(2)27(32)31(34-20-21-10-4-3-5-11-21)29(30(35-28)22-16-18-33-19-17-22)25-14-8-6-12-23(25)24-13-7-9-15-26(24)29/h3-16H,17-20H2,1-2H3. The predicted molar refractivity (Wildman–Crippen MR) is 131 cm³/mol. The quantitative estimate of drug-likeness (QED) is 0.530. The molecule has 1 amide bonds. The Bertz CT molecular complexity index is 1260. The lowest BCUT2D eigenvalue weighted by Crippen LogP contribution is -2.69. The van der Waals surface area contributed by atoms with Crippen molar-refractivity contribution in [1.82, 2.24) is 10.1 Å². The minimum atomic E-state index is -1.13. The van der Waals surface area contributed by atoms with Crippen molar-refractivity contribution < 1.29 is 19.2 Å². The third kappa shape index (κ3) is 3.32. The summed E-state index contributed by atoms with van der Waals surface area (Å²) in [4.78, 5) is 27.2. The van der Waals surface area contributed by atoms with Gasteiger partial charge < -0.3 is 4.74 Å². The van der Waals surface area contributed by atoms with Crippen LogP contribution in [-0.4, -0.2) is 34.8 Å². The maximum atomic E-state index is 14.1. The van der Waals surface area contributed by atoms with Crippen LogP contribution in [0.25, 0.3) is 11.1 Å². The summed E-state index contributed by atoms with van der Waals surface area (Å²) < 4.78 is 5.62. The first-order chi connectivity index (χ1) is 17.0. The second kappa shape index (κ2) is 8.34. The molecule has 178 valence electrons. The average Bonchev–Trinajstić information content (AvgIpc) is 3.19. The van der Waals surface area contributed by atoms with Crippen LogP contribution in [0.15, 0.2) is 90.6 Å². The van der Waals surface area contributed by atoms with Crippen LogP contribution < -0.4 is 0 Å². The first-order valence-electron chi connectivity index (χ1n) is 12.0. The van der Waals surface area contributed by atoms with Crippen LogP contribution in [-0.2, 0) is 31.5 Å². The van der Waals surface area contributed by atoms with E-state index in [4.69, 9.17) is 14.4 Å². The molecule has 2 aliphatic heterocycles. The number of carbonyl (C=O) groups excluding carboxylic acids is 1. The molecule has 0 unspecified atom stereocenters. The maximum Gasteiger partial charge on any atom is 0.283 e. The Balaban J connectivity index is 1.60. The Labute approximate surface area is 205 Å². The van der Waals surface area contributed by atoms with E-state index in [1.54, 1.807) is 18.9 Å². The molecule has 0 radical (unpaired) electrons. The Morgan fingerprint density at radius 1 is 0.886 bits per heavy atom. The van der Waals surface area contributed by atoms with Crippen molar-refractivity contribution in [3.8, 4) is 11.1 Å². The SMILES string of the molecule is CC1(C)ON(C2=CCOCC2)C2(c3ccccc3-c3ccccc32)N(OCc2ccccc2)C1=O. The van der Waals surface area contributed by atoms with E-state index in [1.807, 2.05) is 65.7 Å². The summed E-state index contributed by atoms with van der Waals surface area (Å²) in [5, 5.41) is 3.47. The van der Waals surface area contributed by atoms with Gasteiger partial charge in [-0.1, -0.05) is 78.9 Å². The summed E-state index contributed by atoms with van der Waals surface area (Å²) in [5.41, 5.74) is 3.73. The fourth-order valence-electron chi connectivity index (χ4n) is 5.27. The van der Waals surface area contributed by atoms with E-state index in [2.05, 4.69) is 24.3 Å². The number of benzene rings is 3. The first kappa shape index (κ1) is 22.0. The van der Waals surface area contributed by atoms with Crippen molar-refractivity contribution in [2.24, 2.45) is 0 Å². The molecule has 1 fully saturated rings. The van der Waals surface area contributed by atoms with Gasteiger partial charge in [-0.25, -0.2) is 5.06 Å². The molecule has 6 heteroatoms. The molecular weight excluding hydrogens is 440 g/mol. The van der Waals surface area contributed by atoms with Gasteiger partial charge in [-0.2, -0.15) is 5.06 Å². The summed E-state index contributed by atoms with van der Waals surface area (Å²) in [6, 6.07) is 26.3. The molecule has 0 saturated carbocycles. The van der Waals surface area contributed by atoms with Crippen LogP contribution in [0.4, 0.5) is 0 Å². The van der Waals surface area contributed by atoms with Crippen molar-refractivity contribution >= 4 is 5.91 Å². The van der Waals surface area contributed by atoms with E-state index in [0.29, 0.717) is 19.6 Å². The van der Waals surface area contributed by atoms with Crippen LogP contribution >= 0.6 is 0 Å². The summed E-state index contributed by atoms with van der Waals surface area (Å²) in [5.74, 6) is -0.233. The average molecular weight is 469 g/mol. The van der Waals surface area contributed by atoms with Gasteiger partial charge in [0.25, 0.3) is 5.91 Å². The first-order valence-corrected chi connectivity index (χ1v) is 12.0. The van der Waals surface area contributed by atoms with Gasteiger partial charge in [0.05, 0.1) is 13.2 Å². The van der Waals surface area contributed by atoms with Gasteiger partial charge in [0.2, 0.25) is 5.66 Å². The number of fused-ring (bicyclic) bond motifs is 5. The molecule has 1 saturated heterocycles. The van der Waals surface area contributed by atoms with Crippen LogP contribution in [0.2, 0.25) is 0 Å². The molecule has 6 nitrogen and oxygen atoms in total. The molecule has 0 N–H and O–H groups in total. The number of carbonyl (C=O) groups is 1. The van der Waals surface area contributed by atoms with E-state index < -0.39 is 11.3 Å². The lowest BCUT2D eigenvalue weighted by molar-refractivity contribution is -0.374. The molecule has 0 aromatic heterocycles. The summed E-state index contributed by atoms with van der Waals surface area (Å²) in [7, 11) is 0. The summed E-state index contributed by atoms with van der Waals surface area (Å²) in [6.07, 6.45) is 2.71. The predicted octanol–water partition coefficient (Wildman–Crippen LogP) is 5.16. The minimum Gasteiger partial charge on any atom is -0.377 e. The van der Waals surface area contributed by atoms with Gasteiger partial charge in [-0.05, 0) is 36.6 Å². The zero-order valence-corrected chi connectivity index (χ0v) is 19.9. The summed E-state index contributed by atoms with van der Waals surface area (Å²) in [6.45, 7) is 4.92. The van der Waals surface area contributed by atoms with Gasteiger partial charge in [-0.3, -0.25) is 14.5 Å². The monoisotopic (exact) mass is 468 g/mol. The highest BCUT2D eigenvalue weighted by Crippen LogP contribution is 2.57. The van der Waals surface area contributed by atoms with E-state index in [9.17, 15) is 4.79 Å². The van der Waals surface area contributed by atoms with Gasteiger partial charge >= 0.3 is 0 Å². The molecule has 3 aliphatic rings. The molecule has 6 rings (SSSR count). The van der Waals surface area contributed by atoms with Crippen molar-refractivity contribution in [2.45, 2.75) is 38.1 Å². The van der Waals surface area contributed by atoms with E-state index in [1.165, 1.54) is 0 Å². The van der Waals surface area contributed by atoms with Crippen molar-refractivity contribution in [1.29, 1.82) is 0 Å². The normalized spacial score (nSPS) is 19.9. The summed E-state index contributed by atoms with van der Waals surface area (Å²) >= 11 is 0.